The Balaban J connectivity index is 2.33. The van der Waals surface area contributed by atoms with Crippen LogP contribution in [-0.2, 0) is 11.2 Å². The van der Waals surface area contributed by atoms with E-state index in [1.807, 2.05) is 6.92 Å². The van der Waals surface area contributed by atoms with Crippen molar-refractivity contribution in [2.45, 2.75) is 45.3 Å². The highest BCUT2D eigenvalue weighted by molar-refractivity contribution is 5.46. The van der Waals surface area contributed by atoms with E-state index in [2.05, 4.69) is 32.0 Å². The summed E-state index contributed by atoms with van der Waals surface area (Å²) in [6.07, 6.45) is 1.86. The average molecular weight is 249 g/mol. The summed E-state index contributed by atoms with van der Waals surface area (Å²) in [4.78, 5) is 0. The zero-order valence-corrected chi connectivity index (χ0v) is 11.5. The van der Waals surface area contributed by atoms with Gasteiger partial charge in [0.1, 0.15) is 5.75 Å². The van der Waals surface area contributed by atoms with Gasteiger partial charge in [-0.15, -0.1) is 0 Å². The van der Waals surface area contributed by atoms with Crippen LogP contribution in [0.25, 0.3) is 0 Å². The Hall–Kier alpha value is -1.06. The van der Waals surface area contributed by atoms with Crippen LogP contribution >= 0.6 is 0 Å². The predicted molar refractivity (Wildman–Crippen MR) is 72.9 cm³/mol. The Labute approximate surface area is 109 Å². The van der Waals surface area contributed by atoms with Gasteiger partial charge >= 0.3 is 0 Å². The van der Waals surface area contributed by atoms with Crippen molar-refractivity contribution in [3.63, 3.8) is 0 Å². The number of para-hydroxylation sites is 1. The van der Waals surface area contributed by atoms with Crippen molar-refractivity contribution in [2.24, 2.45) is 5.73 Å². The molecule has 0 aromatic heterocycles. The van der Waals surface area contributed by atoms with Crippen molar-refractivity contribution in [1.29, 1.82) is 0 Å². The first-order valence-corrected chi connectivity index (χ1v) is 6.76. The van der Waals surface area contributed by atoms with Gasteiger partial charge in [-0.3, -0.25) is 0 Å². The van der Waals surface area contributed by atoms with Crippen LogP contribution in [0.5, 0.6) is 5.75 Å². The van der Waals surface area contributed by atoms with E-state index in [0.29, 0.717) is 6.61 Å². The largest absolute Gasteiger partial charge is 0.493 e. The third-order valence-electron chi connectivity index (χ3n) is 3.91. The van der Waals surface area contributed by atoms with Crippen LogP contribution < -0.4 is 10.5 Å². The minimum atomic E-state index is -0.337. The smallest absolute Gasteiger partial charge is 0.127 e. The summed E-state index contributed by atoms with van der Waals surface area (Å²) in [6.45, 7) is 7.63. The quantitative estimate of drug-likeness (QED) is 0.872. The van der Waals surface area contributed by atoms with Crippen LogP contribution in [0.15, 0.2) is 18.2 Å². The lowest BCUT2D eigenvalue weighted by atomic mass is 9.87. The van der Waals surface area contributed by atoms with Gasteiger partial charge in [-0.1, -0.05) is 25.1 Å². The molecule has 1 aromatic carbocycles. The summed E-state index contributed by atoms with van der Waals surface area (Å²) >= 11 is 0. The molecule has 1 heterocycles. The fraction of sp³-hybridized carbons (Fsp3) is 0.600. The Morgan fingerprint density at radius 1 is 1.44 bits per heavy atom. The lowest BCUT2D eigenvalue weighted by molar-refractivity contribution is -0.0476. The summed E-state index contributed by atoms with van der Waals surface area (Å²) < 4.78 is 11.6. The zero-order valence-electron chi connectivity index (χ0n) is 11.5. The van der Waals surface area contributed by atoms with Crippen molar-refractivity contribution < 1.29 is 9.47 Å². The fourth-order valence-corrected chi connectivity index (χ4v) is 2.56. The van der Waals surface area contributed by atoms with Crippen LogP contribution in [0, 0.1) is 0 Å². The molecule has 1 aliphatic rings. The van der Waals surface area contributed by atoms with Crippen molar-refractivity contribution in [1.82, 2.24) is 0 Å². The van der Waals surface area contributed by atoms with Crippen LogP contribution in [0.1, 0.15) is 44.4 Å². The lowest BCUT2D eigenvalue weighted by Gasteiger charge is -2.35. The van der Waals surface area contributed by atoms with E-state index in [1.165, 1.54) is 5.56 Å². The molecule has 1 aromatic rings. The van der Waals surface area contributed by atoms with Crippen molar-refractivity contribution in [2.75, 3.05) is 13.2 Å². The maximum Gasteiger partial charge on any atom is 0.127 e. The number of fused-ring (bicyclic) bond motifs is 1. The van der Waals surface area contributed by atoms with E-state index < -0.39 is 0 Å². The van der Waals surface area contributed by atoms with Gasteiger partial charge in [-0.2, -0.15) is 0 Å². The zero-order chi connectivity index (χ0) is 13.2. The highest BCUT2D eigenvalue weighted by Gasteiger charge is 2.34. The first-order chi connectivity index (χ1) is 8.62. The molecule has 0 bridgehead atoms. The maximum absolute atomic E-state index is 6.44. The van der Waals surface area contributed by atoms with Crippen LogP contribution in [0.4, 0.5) is 0 Å². The van der Waals surface area contributed by atoms with E-state index >= 15 is 0 Å². The molecule has 3 nitrogen and oxygen atoms in total. The molecule has 0 saturated heterocycles. The van der Waals surface area contributed by atoms with E-state index in [9.17, 15) is 0 Å². The van der Waals surface area contributed by atoms with Crippen molar-refractivity contribution in [3.05, 3.63) is 29.3 Å². The Morgan fingerprint density at radius 2 is 2.22 bits per heavy atom. The first kappa shape index (κ1) is 13.4. The molecule has 0 radical (unpaired) electrons. The molecule has 2 rings (SSSR count). The molecule has 1 aliphatic heterocycles. The SMILES string of the molecule is CCOC(C)(CC)C(N)c1cccc2c1OCC2. The van der Waals surface area contributed by atoms with Crippen molar-refractivity contribution in [3.8, 4) is 5.75 Å². The molecule has 0 spiro atoms. The molecule has 2 atom stereocenters. The molecule has 0 saturated carbocycles. The molecule has 18 heavy (non-hydrogen) atoms. The van der Waals surface area contributed by atoms with Crippen LogP contribution in [0.2, 0.25) is 0 Å². The van der Waals surface area contributed by atoms with Gasteiger partial charge in [-0.25, -0.2) is 0 Å². The molecule has 3 heteroatoms. The molecular formula is C15H23NO2. The molecule has 2 N–H and O–H groups in total. The molecular weight excluding hydrogens is 226 g/mol. The van der Waals surface area contributed by atoms with E-state index in [-0.39, 0.29) is 11.6 Å². The highest BCUT2D eigenvalue weighted by atomic mass is 16.5. The van der Waals surface area contributed by atoms with Gasteiger partial charge in [0.15, 0.2) is 0 Å². The van der Waals surface area contributed by atoms with Gasteiger partial charge < -0.3 is 15.2 Å². The van der Waals surface area contributed by atoms with E-state index in [1.54, 1.807) is 0 Å². The number of rotatable bonds is 5. The first-order valence-electron chi connectivity index (χ1n) is 6.76. The second-order valence-corrected chi connectivity index (χ2v) is 5.01. The molecule has 100 valence electrons. The summed E-state index contributed by atoms with van der Waals surface area (Å²) in [5.41, 5.74) is 8.43. The van der Waals surface area contributed by atoms with Gasteiger partial charge in [-0.05, 0) is 25.8 Å². The third-order valence-corrected chi connectivity index (χ3v) is 3.91. The number of hydrogen-bond donors (Lipinski definition) is 1. The van der Waals surface area contributed by atoms with Crippen molar-refractivity contribution >= 4 is 0 Å². The average Bonchev–Trinajstić information content (AvgIpc) is 2.86. The minimum absolute atomic E-state index is 0.157. The number of hydrogen-bond acceptors (Lipinski definition) is 3. The normalized spacial score (nSPS) is 18.9. The summed E-state index contributed by atoms with van der Waals surface area (Å²) in [6, 6.07) is 6.07. The van der Waals surface area contributed by atoms with Gasteiger partial charge in [0.25, 0.3) is 0 Å². The summed E-state index contributed by atoms with van der Waals surface area (Å²) in [7, 11) is 0. The third kappa shape index (κ3) is 2.25. The number of benzene rings is 1. The topological polar surface area (TPSA) is 44.5 Å². The Bertz CT molecular complexity index is 419. The van der Waals surface area contributed by atoms with E-state index in [0.717, 1.165) is 30.8 Å². The lowest BCUT2D eigenvalue weighted by Crippen LogP contribution is -2.40. The number of nitrogens with two attached hydrogens (primary N) is 1. The van der Waals surface area contributed by atoms with Gasteiger partial charge in [0.05, 0.1) is 18.2 Å². The van der Waals surface area contributed by atoms with E-state index in [4.69, 9.17) is 15.2 Å². The molecule has 0 amide bonds. The molecule has 2 unspecified atom stereocenters. The monoisotopic (exact) mass is 249 g/mol. The number of ether oxygens (including phenoxy) is 2. The summed E-state index contributed by atoms with van der Waals surface area (Å²) in [5, 5.41) is 0. The minimum Gasteiger partial charge on any atom is -0.493 e. The molecule has 0 fully saturated rings. The Morgan fingerprint density at radius 3 is 2.89 bits per heavy atom. The highest BCUT2D eigenvalue weighted by Crippen LogP contribution is 2.38. The predicted octanol–water partition coefficient (Wildman–Crippen LogP) is 2.83. The Kier molecular flexibility index (Phi) is 3.93. The second kappa shape index (κ2) is 5.29. The maximum atomic E-state index is 6.44. The van der Waals surface area contributed by atoms with Gasteiger partial charge in [0, 0.05) is 18.6 Å². The fourth-order valence-electron chi connectivity index (χ4n) is 2.56. The summed E-state index contributed by atoms with van der Waals surface area (Å²) in [5.74, 6) is 0.976. The second-order valence-electron chi connectivity index (χ2n) is 5.01. The molecule has 0 aliphatic carbocycles. The standard InChI is InChI=1S/C15H23NO2/c1-4-15(3,18-5-2)14(16)12-8-6-7-11-9-10-17-13(11)12/h6-8,14H,4-5,9-10,16H2,1-3H3. The van der Waals surface area contributed by atoms with Gasteiger partial charge in [0.2, 0.25) is 0 Å². The van der Waals surface area contributed by atoms with Crippen LogP contribution in [-0.4, -0.2) is 18.8 Å². The van der Waals surface area contributed by atoms with Crippen LogP contribution in [0.3, 0.4) is 0 Å².